The van der Waals surface area contributed by atoms with Gasteiger partial charge in [-0.1, -0.05) is 12.1 Å². The maximum Gasteiger partial charge on any atom is 0.124 e. The first kappa shape index (κ1) is 15.0. The lowest BCUT2D eigenvalue weighted by Crippen LogP contribution is -2.36. The Hall–Kier alpha value is -1.92. The van der Waals surface area contributed by atoms with Crippen LogP contribution in [0.1, 0.15) is 17.4 Å². The van der Waals surface area contributed by atoms with Gasteiger partial charge in [-0.3, -0.25) is 0 Å². The van der Waals surface area contributed by atoms with E-state index in [-0.39, 0.29) is 5.82 Å². The number of aryl methyl sites for hydroxylation is 1. The van der Waals surface area contributed by atoms with Crippen LogP contribution in [0.15, 0.2) is 30.3 Å². The van der Waals surface area contributed by atoms with Crippen molar-refractivity contribution in [2.75, 3.05) is 25.0 Å². The van der Waals surface area contributed by atoms with Crippen LogP contribution in [-0.4, -0.2) is 34.5 Å². The molecule has 2 aromatic rings. The molecule has 0 bridgehead atoms. The number of benzene rings is 1. The highest BCUT2D eigenvalue weighted by molar-refractivity contribution is 5.38. The maximum atomic E-state index is 13.1. The van der Waals surface area contributed by atoms with Crippen molar-refractivity contribution in [3.63, 3.8) is 0 Å². The molecule has 0 radical (unpaired) electrons. The normalized spacial score (nSPS) is 18.6. The summed E-state index contributed by atoms with van der Waals surface area (Å²) in [6, 6.07) is 8.13. The molecule has 1 aromatic heterocycles. The molecule has 2 heterocycles. The van der Waals surface area contributed by atoms with E-state index >= 15 is 0 Å². The largest absolute Gasteiger partial charge is 0.387 e. The summed E-state index contributed by atoms with van der Waals surface area (Å²) >= 11 is 0. The Morgan fingerprint density at radius 3 is 3.18 bits per heavy atom. The molecule has 22 heavy (non-hydrogen) atoms. The SMILES string of the molecule is Cc1cc2n(n1)CC(CNCC(O)c1cccc(F)c1)CN2. The van der Waals surface area contributed by atoms with Crippen LogP contribution in [0.5, 0.6) is 0 Å². The van der Waals surface area contributed by atoms with Crippen molar-refractivity contribution in [3.05, 3.63) is 47.4 Å². The van der Waals surface area contributed by atoms with E-state index in [1.807, 2.05) is 17.7 Å². The van der Waals surface area contributed by atoms with Crippen LogP contribution in [0, 0.1) is 18.7 Å². The summed E-state index contributed by atoms with van der Waals surface area (Å²) in [6.45, 7) is 4.91. The Morgan fingerprint density at radius 2 is 2.36 bits per heavy atom. The van der Waals surface area contributed by atoms with Crippen LogP contribution in [0.25, 0.3) is 0 Å². The number of halogens is 1. The highest BCUT2D eigenvalue weighted by Crippen LogP contribution is 2.18. The standard InChI is InChI=1S/C16H21FN4O/c1-11-5-16-19-8-12(10-21(16)20-11)7-18-9-15(22)13-3-2-4-14(17)6-13/h2-6,12,15,18-19,22H,7-10H2,1H3. The third-order valence-corrected chi connectivity index (χ3v) is 3.91. The molecule has 5 nitrogen and oxygen atoms in total. The van der Waals surface area contributed by atoms with E-state index in [9.17, 15) is 9.50 Å². The molecule has 0 amide bonds. The molecule has 2 atom stereocenters. The minimum Gasteiger partial charge on any atom is -0.387 e. The number of hydrogen-bond acceptors (Lipinski definition) is 4. The van der Waals surface area contributed by atoms with Crippen molar-refractivity contribution in [2.45, 2.75) is 19.6 Å². The summed E-state index contributed by atoms with van der Waals surface area (Å²) in [5, 5.41) is 21.1. The first-order valence-corrected chi connectivity index (χ1v) is 7.54. The number of anilines is 1. The first-order valence-electron chi connectivity index (χ1n) is 7.54. The second-order valence-electron chi connectivity index (χ2n) is 5.83. The molecule has 1 aliphatic rings. The molecule has 0 saturated carbocycles. The average molecular weight is 304 g/mol. The monoisotopic (exact) mass is 304 g/mol. The van der Waals surface area contributed by atoms with Gasteiger partial charge in [0.2, 0.25) is 0 Å². The Balaban J connectivity index is 1.47. The number of fused-ring (bicyclic) bond motifs is 1. The molecule has 0 saturated heterocycles. The second-order valence-corrected chi connectivity index (χ2v) is 5.83. The zero-order valence-electron chi connectivity index (χ0n) is 12.6. The first-order chi connectivity index (χ1) is 10.6. The number of aromatic nitrogens is 2. The van der Waals surface area contributed by atoms with Crippen molar-refractivity contribution in [2.24, 2.45) is 5.92 Å². The van der Waals surface area contributed by atoms with E-state index in [2.05, 4.69) is 15.7 Å². The topological polar surface area (TPSA) is 62.1 Å². The average Bonchev–Trinajstić information content (AvgIpc) is 2.86. The lowest BCUT2D eigenvalue weighted by molar-refractivity contribution is 0.171. The molecule has 0 fully saturated rings. The number of nitrogens with one attached hydrogen (secondary N) is 2. The molecule has 0 aliphatic carbocycles. The fourth-order valence-electron chi connectivity index (χ4n) is 2.78. The zero-order valence-corrected chi connectivity index (χ0v) is 12.6. The molecule has 6 heteroatoms. The molecule has 2 unspecified atom stereocenters. The molecule has 0 spiro atoms. The van der Waals surface area contributed by atoms with Gasteiger partial charge in [-0.15, -0.1) is 0 Å². The van der Waals surface area contributed by atoms with Gasteiger partial charge in [-0.05, 0) is 24.6 Å². The summed E-state index contributed by atoms with van der Waals surface area (Å²) in [5.74, 6) is 1.15. The number of hydrogen-bond donors (Lipinski definition) is 3. The number of aliphatic hydroxyl groups is 1. The van der Waals surface area contributed by atoms with Crippen LogP contribution in [0.2, 0.25) is 0 Å². The second kappa shape index (κ2) is 6.46. The predicted molar refractivity (Wildman–Crippen MR) is 83.2 cm³/mol. The molecular weight excluding hydrogens is 283 g/mol. The van der Waals surface area contributed by atoms with Gasteiger partial charge in [-0.2, -0.15) is 5.10 Å². The third kappa shape index (κ3) is 3.45. The fourth-order valence-corrected chi connectivity index (χ4v) is 2.78. The van der Waals surface area contributed by atoms with Crippen LogP contribution < -0.4 is 10.6 Å². The van der Waals surface area contributed by atoms with Gasteiger partial charge in [0.1, 0.15) is 11.6 Å². The Labute approximate surface area is 129 Å². The Bertz CT molecular complexity index is 643. The van der Waals surface area contributed by atoms with Crippen LogP contribution in [0.4, 0.5) is 10.2 Å². The minimum atomic E-state index is -0.699. The van der Waals surface area contributed by atoms with Crippen LogP contribution in [0.3, 0.4) is 0 Å². The van der Waals surface area contributed by atoms with Gasteiger partial charge in [0.25, 0.3) is 0 Å². The maximum absolute atomic E-state index is 13.1. The summed E-state index contributed by atoms with van der Waals surface area (Å²) in [6.07, 6.45) is -0.699. The van der Waals surface area contributed by atoms with Gasteiger partial charge in [-0.25, -0.2) is 9.07 Å². The van der Waals surface area contributed by atoms with Gasteiger partial charge in [0.05, 0.1) is 11.8 Å². The van der Waals surface area contributed by atoms with Crippen molar-refractivity contribution >= 4 is 5.82 Å². The highest BCUT2D eigenvalue weighted by atomic mass is 19.1. The van der Waals surface area contributed by atoms with E-state index in [0.29, 0.717) is 18.0 Å². The molecular formula is C16H21FN4O. The van der Waals surface area contributed by atoms with Crippen molar-refractivity contribution in [1.82, 2.24) is 15.1 Å². The lowest BCUT2D eigenvalue weighted by Gasteiger charge is -2.25. The lowest BCUT2D eigenvalue weighted by atomic mass is 10.1. The third-order valence-electron chi connectivity index (χ3n) is 3.91. The van der Waals surface area contributed by atoms with Crippen molar-refractivity contribution in [1.29, 1.82) is 0 Å². The van der Waals surface area contributed by atoms with E-state index in [0.717, 1.165) is 31.1 Å². The fraction of sp³-hybridized carbons (Fsp3) is 0.438. The molecule has 1 aromatic carbocycles. The molecule has 118 valence electrons. The summed E-state index contributed by atoms with van der Waals surface area (Å²) in [4.78, 5) is 0. The van der Waals surface area contributed by atoms with Gasteiger partial charge in [0, 0.05) is 38.2 Å². The van der Waals surface area contributed by atoms with E-state index in [1.165, 1.54) is 12.1 Å². The molecule has 1 aliphatic heterocycles. The minimum absolute atomic E-state index is 0.324. The highest BCUT2D eigenvalue weighted by Gasteiger charge is 2.19. The van der Waals surface area contributed by atoms with E-state index in [4.69, 9.17) is 0 Å². The zero-order chi connectivity index (χ0) is 15.5. The van der Waals surface area contributed by atoms with Gasteiger partial charge >= 0.3 is 0 Å². The Kier molecular flexibility index (Phi) is 4.40. The number of rotatable bonds is 5. The van der Waals surface area contributed by atoms with Crippen LogP contribution >= 0.6 is 0 Å². The summed E-state index contributed by atoms with van der Waals surface area (Å²) < 4.78 is 15.1. The number of aliphatic hydroxyl groups excluding tert-OH is 1. The quantitative estimate of drug-likeness (QED) is 0.787. The summed E-state index contributed by atoms with van der Waals surface area (Å²) in [7, 11) is 0. The Morgan fingerprint density at radius 1 is 1.50 bits per heavy atom. The van der Waals surface area contributed by atoms with Crippen molar-refractivity contribution < 1.29 is 9.50 Å². The van der Waals surface area contributed by atoms with Crippen LogP contribution in [-0.2, 0) is 6.54 Å². The summed E-state index contributed by atoms with van der Waals surface area (Å²) in [5.41, 5.74) is 1.61. The van der Waals surface area contributed by atoms with E-state index in [1.54, 1.807) is 12.1 Å². The van der Waals surface area contributed by atoms with Gasteiger partial charge in [0.15, 0.2) is 0 Å². The predicted octanol–water partition coefficient (Wildman–Crippen LogP) is 1.70. The van der Waals surface area contributed by atoms with Crippen molar-refractivity contribution in [3.8, 4) is 0 Å². The number of nitrogens with zero attached hydrogens (tertiary/aromatic N) is 2. The molecule has 3 N–H and O–H groups in total. The van der Waals surface area contributed by atoms with Gasteiger partial charge < -0.3 is 15.7 Å². The van der Waals surface area contributed by atoms with E-state index < -0.39 is 6.10 Å². The molecule has 3 rings (SSSR count). The smallest absolute Gasteiger partial charge is 0.124 e.